The molecule has 6 nitrogen and oxygen atoms in total. The molecule has 0 radical (unpaired) electrons. The van der Waals surface area contributed by atoms with Crippen LogP contribution in [-0.2, 0) is 11.3 Å². The highest BCUT2D eigenvalue weighted by atomic mass is 16.6. The van der Waals surface area contributed by atoms with Gasteiger partial charge >= 0.3 is 6.09 Å². The molecule has 0 spiro atoms. The highest BCUT2D eigenvalue weighted by molar-refractivity contribution is 5.68. The van der Waals surface area contributed by atoms with Crippen LogP contribution in [0.2, 0.25) is 0 Å². The average molecular weight is 362 g/mol. The molecule has 0 aliphatic carbocycles. The third-order valence-electron chi connectivity index (χ3n) is 3.51. The molecule has 0 bridgehead atoms. The fourth-order valence-corrected chi connectivity index (χ4v) is 2.26. The smallest absolute Gasteiger partial charge is 0.410 e. The number of nitrogens with one attached hydrogen (secondary N) is 1. The average Bonchev–Trinajstić information content (AvgIpc) is 2.59. The van der Waals surface area contributed by atoms with Gasteiger partial charge < -0.3 is 19.5 Å². The summed E-state index contributed by atoms with van der Waals surface area (Å²) in [5.41, 5.74) is 1.12. The van der Waals surface area contributed by atoms with Gasteiger partial charge in [0.25, 0.3) is 0 Å². The zero-order valence-corrected chi connectivity index (χ0v) is 16.6. The van der Waals surface area contributed by atoms with Crippen molar-refractivity contribution in [3.63, 3.8) is 0 Å². The summed E-state index contributed by atoms with van der Waals surface area (Å²) in [6.07, 6.45) is 3.09. The second-order valence-corrected chi connectivity index (χ2v) is 6.69. The molecule has 0 saturated carbocycles. The molecule has 0 aliphatic rings. The standard InChI is InChI=1S/C20H30N2O4/c1-8-9-16(21-5)14-22(19(23)26-20(2,3)4)13-15-10-11-17(24-6)12-18(15)25-7/h8-12,21H,1,13-14H2,2-7H3/b16-9-. The van der Waals surface area contributed by atoms with Crippen molar-refractivity contribution in [1.29, 1.82) is 0 Å². The summed E-state index contributed by atoms with van der Waals surface area (Å²) in [5.74, 6) is 1.34. The van der Waals surface area contributed by atoms with E-state index in [0.717, 1.165) is 11.3 Å². The van der Waals surface area contributed by atoms with E-state index in [2.05, 4.69) is 11.9 Å². The molecule has 0 aliphatic heterocycles. The van der Waals surface area contributed by atoms with E-state index in [1.165, 1.54) is 0 Å². The van der Waals surface area contributed by atoms with Crippen LogP contribution in [0.4, 0.5) is 4.79 Å². The van der Waals surface area contributed by atoms with Gasteiger partial charge in [-0.15, -0.1) is 0 Å². The van der Waals surface area contributed by atoms with E-state index in [9.17, 15) is 4.79 Å². The lowest BCUT2D eigenvalue weighted by molar-refractivity contribution is 0.0248. The summed E-state index contributed by atoms with van der Waals surface area (Å²) in [4.78, 5) is 14.3. The number of rotatable bonds is 8. The van der Waals surface area contributed by atoms with E-state index in [-0.39, 0.29) is 0 Å². The topological polar surface area (TPSA) is 60.0 Å². The van der Waals surface area contributed by atoms with Gasteiger partial charge in [-0.3, -0.25) is 4.90 Å². The maximum absolute atomic E-state index is 12.7. The Kier molecular flexibility index (Phi) is 8.03. The molecule has 144 valence electrons. The summed E-state index contributed by atoms with van der Waals surface area (Å²) in [5, 5.41) is 3.07. The lowest BCUT2D eigenvalue weighted by Crippen LogP contribution is -2.39. The third-order valence-corrected chi connectivity index (χ3v) is 3.51. The zero-order chi connectivity index (χ0) is 19.7. The minimum absolute atomic E-state index is 0.332. The number of hydrogen-bond acceptors (Lipinski definition) is 5. The van der Waals surface area contributed by atoms with Gasteiger partial charge in [0.15, 0.2) is 0 Å². The van der Waals surface area contributed by atoms with E-state index < -0.39 is 11.7 Å². The quantitative estimate of drug-likeness (QED) is 0.714. The molecular weight excluding hydrogens is 332 g/mol. The third kappa shape index (κ3) is 6.70. The van der Waals surface area contributed by atoms with Crippen LogP contribution < -0.4 is 14.8 Å². The largest absolute Gasteiger partial charge is 0.497 e. The van der Waals surface area contributed by atoms with E-state index >= 15 is 0 Å². The molecular formula is C20H30N2O4. The van der Waals surface area contributed by atoms with Crippen molar-refractivity contribution in [2.45, 2.75) is 32.9 Å². The van der Waals surface area contributed by atoms with Gasteiger partial charge in [-0.25, -0.2) is 4.79 Å². The molecule has 0 heterocycles. The molecule has 0 saturated heterocycles. The fraction of sp³-hybridized carbons (Fsp3) is 0.450. The predicted octanol–water partition coefficient (Wildman–Crippen LogP) is 3.73. The highest BCUT2D eigenvalue weighted by Gasteiger charge is 2.24. The Labute approximate surface area is 156 Å². The predicted molar refractivity (Wildman–Crippen MR) is 104 cm³/mol. The first-order chi connectivity index (χ1) is 12.2. The minimum Gasteiger partial charge on any atom is -0.497 e. The summed E-state index contributed by atoms with van der Waals surface area (Å²) in [6.45, 7) is 9.92. The SMILES string of the molecule is C=C/C=C(/CN(Cc1ccc(OC)cc1OC)C(=O)OC(C)(C)C)NC. The maximum atomic E-state index is 12.7. The van der Waals surface area contributed by atoms with Crippen molar-refractivity contribution < 1.29 is 19.0 Å². The van der Waals surface area contributed by atoms with Crippen LogP contribution in [0.3, 0.4) is 0 Å². The van der Waals surface area contributed by atoms with E-state index in [1.807, 2.05) is 39.0 Å². The monoisotopic (exact) mass is 362 g/mol. The Bertz CT molecular complexity index is 648. The zero-order valence-electron chi connectivity index (χ0n) is 16.6. The van der Waals surface area contributed by atoms with Gasteiger partial charge in [-0.05, 0) is 39.0 Å². The normalized spacial score (nSPS) is 11.5. The number of carbonyl (C=O) groups is 1. The molecule has 0 fully saturated rings. The van der Waals surface area contributed by atoms with Gasteiger partial charge in [0.1, 0.15) is 17.1 Å². The molecule has 0 atom stereocenters. The second kappa shape index (κ2) is 9.75. The second-order valence-electron chi connectivity index (χ2n) is 6.69. The Balaban J connectivity index is 3.13. The molecule has 1 aromatic rings. The van der Waals surface area contributed by atoms with Crippen molar-refractivity contribution in [3.8, 4) is 11.5 Å². The Hall–Kier alpha value is -2.63. The van der Waals surface area contributed by atoms with Crippen molar-refractivity contribution in [2.24, 2.45) is 0 Å². The number of likely N-dealkylation sites (N-methyl/N-ethyl adjacent to an activating group) is 1. The fourth-order valence-electron chi connectivity index (χ4n) is 2.26. The van der Waals surface area contributed by atoms with Crippen molar-refractivity contribution >= 4 is 6.09 Å². The summed E-state index contributed by atoms with van der Waals surface area (Å²) in [7, 11) is 4.99. The van der Waals surface area contributed by atoms with E-state index in [0.29, 0.717) is 24.6 Å². The number of methoxy groups -OCH3 is 2. The highest BCUT2D eigenvalue weighted by Crippen LogP contribution is 2.26. The molecule has 0 unspecified atom stereocenters. The molecule has 1 aromatic carbocycles. The van der Waals surface area contributed by atoms with Crippen molar-refractivity contribution in [3.05, 3.63) is 48.2 Å². The Morgan fingerprint density at radius 3 is 2.46 bits per heavy atom. The van der Waals surface area contributed by atoms with Gasteiger partial charge in [0, 0.05) is 24.4 Å². The number of allylic oxidation sites excluding steroid dienone is 2. The summed E-state index contributed by atoms with van der Waals surface area (Å²) in [6, 6.07) is 5.51. The van der Waals surface area contributed by atoms with Crippen LogP contribution in [-0.4, -0.2) is 44.4 Å². The lowest BCUT2D eigenvalue weighted by Gasteiger charge is -2.28. The number of ether oxygens (including phenoxy) is 3. The van der Waals surface area contributed by atoms with Crippen LogP contribution in [0, 0.1) is 0 Å². The lowest BCUT2D eigenvalue weighted by atomic mass is 10.1. The Morgan fingerprint density at radius 2 is 1.96 bits per heavy atom. The number of hydrogen-bond donors (Lipinski definition) is 1. The number of carbonyl (C=O) groups excluding carboxylic acids is 1. The van der Waals surface area contributed by atoms with Crippen LogP contribution in [0.5, 0.6) is 11.5 Å². The number of benzene rings is 1. The molecule has 0 aromatic heterocycles. The molecule has 1 N–H and O–H groups in total. The first-order valence-electron chi connectivity index (χ1n) is 8.42. The van der Waals surface area contributed by atoms with Crippen LogP contribution in [0.25, 0.3) is 0 Å². The van der Waals surface area contributed by atoms with Crippen LogP contribution in [0.15, 0.2) is 42.6 Å². The maximum Gasteiger partial charge on any atom is 0.410 e. The Morgan fingerprint density at radius 1 is 1.27 bits per heavy atom. The molecule has 1 rings (SSSR count). The van der Waals surface area contributed by atoms with E-state index in [1.54, 1.807) is 38.3 Å². The van der Waals surface area contributed by atoms with Crippen molar-refractivity contribution in [2.75, 3.05) is 27.8 Å². The van der Waals surface area contributed by atoms with Crippen LogP contribution >= 0.6 is 0 Å². The van der Waals surface area contributed by atoms with Gasteiger partial charge in [0.05, 0.1) is 27.3 Å². The minimum atomic E-state index is -0.582. The van der Waals surface area contributed by atoms with Gasteiger partial charge in [-0.1, -0.05) is 12.7 Å². The van der Waals surface area contributed by atoms with Gasteiger partial charge in [-0.2, -0.15) is 0 Å². The van der Waals surface area contributed by atoms with Gasteiger partial charge in [0.2, 0.25) is 0 Å². The van der Waals surface area contributed by atoms with E-state index in [4.69, 9.17) is 14.2 Å². The number of nitrogens with zero attached hydrogens (tertiary/aromatic N) is 1. The van der Waals surface area contributed by atoms with Crippen LogP contribution in [0.1, 0.15) is 26.3 Å². The number of amides is 1. The van der Waals surface area contributed by atoms with Crippen molar-refractivity contribution in [1.82, 2.24) is 10.2 Å². The summed E-state index contributed by atoms with van der Waals surface area (Å²) < 4.78 is 16.2. The molecule has 6 heteroatoms. The first-order valence-corrected chi connectivity index (χ1v) is 8.42. The summed E-state index contributed by atoms with van der Waals surface area (Å²) >= 11 is 0. The first kappa shape index (κ1) is 21.4. The molecule has 1 amide bonds. The molecule has 26 heavy (non-hydrogen) atoms.